The van der Waals surface area contributed by atoms with Gasteiger partial charge in [0.25, 0.3) is 5.91 Å². The lowest BCUT2D eigenvalue weighted by Crippen LogP contribution is -2.18. The average Bonchev–Trinajstić information content (AvgIpc) is 2.59. The third-order valence-corrected chi connectivity index (χ3v) is 3.10. The molecule has 0 saturated heterocycles. The van der Waals surface area contributed by atoms with Crippen LogP contribution < -0.4 is 11.1 Å². The molecule has 0 atom stereocenters. The lowest BCUT2D eigenvalue weighted by atomic mass is 9.99. The second-order valence-electron chi connectivity index (χ2n) is 4.80. The van der Waals surface area contributed by atoms with Crippen molar-refractivity contribution in [3.8, 4) is 0 Å². The SMILES string of the molecule is Cc1cc(C)c(C(=O)Nc2c(N)cnn2C)c(C)c1. The predicted molar refractivity (Wildman–Crippen MR) is 76.2 cm³/mol. The molecule has 0 bridgehead atoms. The van der Waals surface area contributed by atoms with E-state index < -0.39 is 0 Å². The lowest BCUT2D eigenvalue weighted by molar-refractivity contribution is 0.102. The number of rotatable bonds is 2. The molecular formula is C14H18N4O. The van der Waals surface area contributed by atoms with Crippen molar-refractivity contribution in [2.75, 3.05) is 11.1 Å². The number of aromatic nitrogens is 2. The Labute approximate surface area is 112 Å². The zero-order chi connectivity index (χ0) is 14.2. The first-order chi connectivity index (χ1) is 8.90. The van der Waals surface area contributed by atoms with Crippen LogP contribution in [-0.2, 0) is 7.05 Å². The Morgan fingerprint density at radius 3 is 2.32 bits per heavy atom. The highest BCUT2D eigenvalue weighted by Crippen LogP contribution is 2.21. The minimum atomic E-state index is -0.162. The van der Waals surface area contributed by atoms with Gasteiger partial charge in [0.2, 0.25) is 0 Å². The molecule has 0 aliphatic rings. The Balaban J connectivity index is 2.36. The first-order valence-electron chi connectivity index (χ1n) is 6.07. The van der Waals surface area contributed by atoms with Gasteiger partial charge in [-0.25, -0.2) is 0 Å². The largest absolute Gasteiger partial charge is 0.394 e. The number of aryl methyl sites for hydroxylation is 4. The van der Waals surface area contributed by atoms with Crippen LogP contribution in [0.2, 0.25) is 0 Å². The fourth-order valence-electron chi connectivity index (χ4n) is 2.32. The topological polar surface area (TPSA) is 72.9 Å². The third-order valence-electron chi connectivity index (χ3n) is 3.10. The van der Waals surface area contributed by atoms with Crippen molar-refractivity contribution in [2.45, 2.75) is 20.8 Å². The van der Waals surface area contributed by atoms with E-state index in [1.165, 1.54) is 6.20 Å². The molecular weight excluding hydrogens is 240 g/mol. The molecule has 5 nitrogen and oxygen atoms in total. The Bertz CT molecular complexity index is 600. The Morgan fingerprint density at radius 1 is 1.26 bits per heavy atom. The molecule has 1 heterocycles. The average molecular weight is 258 g/mol. The minimum absolute atomic E-state index is 0.162. The van der Waals surface area contributed by atoms with Crippen LogP contribution in [0.4, 0.5) is 11.5 Å². The monoisotopic (exact) mass is 258 g/mol. The van der Waals surface area contributed by atoms with Gasteiger partial charge in [-0.05, 0) is 31.9 Å². The van der Waals surface area contributed by atoms with Crippen molar-refractivity contribution in [1.82, 2.24) is 9.78 Å². The van der Waals surface area contributed by atoms with Gasteiger partial charge in [-0.3, -0.25) is 9.48 Å². The van der Waals surface area contributed by atoms with E-state index in [1.54, 1.807) is 11.7 Å². The van der Waals surface area contributed by atoms with E-state index in [2.05, 4.69) is 10.4 Å². The summed E-state index contributed by atoms with van der Waals surface area (Å²) in [6.07, 6.45) is 1.52. The number of carbonyl (C=O) groups is 1. The number of amides is 1. The Kier molecular flexibility index (Phi) is 3.29. The van der Waals surface area contributed by atoms with E-state index in [1.807, 2.05) is 32.9 Å². The fourth-order valence-corrected chi connectivity index (χ4v) is 2.32. The molecule has 0 unspecified atom stereocenters. The highest BCUT2D eigenvalue weighted by Gasteiger charge is 2.15. The molecule has 100 valence electrons. The number of benzene rings is 1. The summed E-state index contributed by atoms with van der Waals surface area (Å²) in [5.41, 5.74) is 9.97. The smallest absolute Gasteiger partial charge is 0.257 e. The van der Waals surface area contributed by atoms with Crippen LogP contribution in [0, 0.1) is 20.8 Å². The number of carbonyl (C=O) groups excluding carboxylic acids is 1. The van der Waals surface area contributed by atoms with E-state index in [-0.39, 0.29) is 5.91 Å². The maximum Gasteiger partial charge on any atom is 0.257 e. The molecule has 0 radical (unpaired) electrons. The standard InChI is InChI=1S/C14H18N4O/c1-8-5-9(2)12(10(3)6-8)14(19)17-13-11(15)7-16-18(13)4/h5-7H,15H2,1-4H3,(H,17,19). The highest BCUT2D eigenvalue weighted by molar-refractivity contribution is 6.07. The minimum Gasteiger partial charge on any atom is -0.394 e. The first kappa shape index (κ1) is 13.1. The maximum atomic E-state index is 12.4. The molecule has 0 saturated carbocycles. The van der Waals surface area contributed by atoms with Gasteiger partial charge in [0, 0.05) is 12.6 Å². The Hall–Kier alpha value is -2.30. The predicted octanol–water partition coefficient (Wildman–Crippen LogP) is 2.18. The number of nitrogens with one attached hydrogen (secondary N) is 1. The normalized spacial score (nSPS) is 10.5. The molecule has 5 heteroatoms. The van der Waals surface area contributed by atoms with E-state index in [0.29, 0.717) is 17.1 Å². The van der Waals surface area contributed by atoms with Crippen LogP contribution >= 0.6 is 0 Å². The molecule has 0 fully saturated rings. The van der Waals surface area contributed by atoms with Gasteiger partial charge in [-0.15, -0.1) is 0 Å². The van der Waals surface area contributed by atoms with Crippen molar-refractivity contribution < 1.29 is 4.79 Å². The summed E-state index contributed by atoms with van der Waals surface area (Å²) >= 11 is 0. The van der Waals surface area contributed by atoms with E-state index in [9.17, 15) is 4.79 Å². The van der Waals surface area contributed by atoms with Gasteiger partial charge >= 0.3 is 0 Å². The molecule has 2 aromatic rings. The molecule has 2 rings (SSSR count). The summed E-state index contributed by atoms with van der Waals surface area (Å²) in [7, 11) is 1.74. The summed E-state index contributed by atoms with van der Waals surface area (Å²) in [5.74, 6) is 0.356. The highest BCUT2D eigenvalue weighted by atomic mass is 16.1. The molecule has 1 aromatic carbocycles. The maximum absolute atomic E-state index is 12.4. The van der Waals surface area contributed by atoms with Crippen LogP contribution in [0.15, 0.2) is 18.3 Å². The number of hydrogen-bond acceptors (Lipinski definition) is 3. The van der Waals surface area contributed by atoms with E-state index in [0.717, 1.165) is 16.7 Å². The van der Waals surface area contributed by atoms with Gasteiger partial charge in [-0.1, -0.05) is 17.7 Å². The third kappa shape index (κ3) is 2.45. The van der Waals surface area contributed by atoms with Crippen molar-refractivity contribution in [2.24, 2.45) is 7.05 Å². The molecule has 19 heavy (non-hydrogen) atoms. The van der Waals surface area contributed by atoms with E-state index in [4.69, 9.17) is 5.73 Å². The Morgan fingerprint density at radius 2 is 1.84 bits per heavy atom. The second-order valence-corrected chi connectivity index (χ2v) is 4.80. The summed E-state index contributed by atoms with van der Waals surface area (Å²) in [6, 6.07) is 3.99. The summed E-state index contributed by atoms with van der Waals surface area (Å²) in [4.78, 5) is 12.4. The first-order valence-corrected chi connectivity index (χ1v) is 6.07. The molecule has 1 aromatic heterocycles. The number of nitrogen functional groups attached to an aromatic ring is 1. The molecule has 1 amide bonds. The number of nitrogens with two attached hydrogens (primary N) is 1. The zero-order valence-electron chi connectivity index (χ0n) is 11.6. The van der Waals surface area contributed by atoms with Crippen molar-refractivity contribution in [3.63, 3.8) is 0 Å². The van der Waals surface area contributed by atoms with Gasteiger partial charge in [0.15, 0.2) is 5.82 Å². The quantitative estimate of drug-likeness (QED) is 0.867. The van der Waals surface area contributed by atoms with Gasteiger partial charge < -0.3 is 11.1 Å². The molecule has 0 spiro atoms. The van der Waals surface area contributed by atoms with Crippen LogP contribution in [0.5, 0.6) is 0 Å². The van der Waals surface area contributed by atoms with Crippen molar-refractivity contribution >= 4 is 17.4 Å². The van der Waals surface area contributed by atoms with Crippen molar-refractivity contribution in [1.29, 1.82) is 0 Å². The second kappa shape index (κ2) is 4.76. The molecule has 0 aliphatic carbocycles. The van der Waals surface area contributed by atoms with Gasteiger partial charge in [0.1, 0.15) is 0 Å². The lowest BCUT2D eigenvalue weighted by Gasteiger charge is -2.12. The van der Waals surface area contributed by atoms with Crippen molar-refractivity contribution in [3.05, 3.63) is 40.6 Å². The number of anilines is 2. The fraction of sp³-hybridized carbons (Fsp3) is 0.286. The van der Waals surface area contributed by atoms with Gasteiger partial charge in [-0.2, -0.15) is 5.10 Å². The summed E-state index contributed by atoms with van der Waals surface area (Å²) < 4.78 is 1.55. The van der Waals surface area contributed by atoms with Crippen LogP contribution in [0.25, 0.3) is 0 Å². The summed E-state index contributed by atoms with van der Waals surface area (Å²) in [5, 5.41) is 6.81. The van der Waals surface area contributed by atoms with Crippen LogP contribution in [0.3, 0.4) is 0 Å². The number of nitrogens with zero attached hydrogens (tertiary/aromatic N) is 2. The van der Waals surface area contributed by atoms with E-state index >= 15 is 0 Å². The zero-order valence-corrected chi connectivity index (χ0v) is 11.6. The molecule has 0 aliphatic heterocycles. The molecule has 3 N–H and O–H groups in total. The number of hydrogen-bond donors (Lipinski definition) is 2. The van der Waals surface area contributed by atoms with Crippen LogP contribution in [0.1, 0.15) is 27.0 Å². The van der Waals surface area contributed by atoms with Gasteiger partial charge in [0.05, 0.1) is 11.9 Å². The summed E-state index contributed by atoms with van der Waals surface area (Å²) in [6.45, 7) is 5.88. The van der Waals surface area contributed by atoms with Crippen LogP contribution in [-0.4, -0.2) is 15.7 Å².